The van der Waals surface area contributed by atoms with E-state index in [1.165, 1.54) is 14.2 Å². The van der Waals surface area contributed by atoms with E-state index in [0.29, 0.717) is 46.1 Å². The number of rotatable bonds is 4. The number of likely N-dealkylation sites (tertiary alicyclic amines) is 1. The molecule has 1 saturated carbocycles. The normalized spacial score (nSPS) is 21.8. The van der Waals surface area contributed by atoms with E-state index in [9.17, 15) is 14.9 Å². The van der Waals surface area contributed by atoms with Gasteiger partial charge in [0.2, 0.25) is 5.75 Å². The van der Waals surface area contributed by atoms with Gasteiger partial charge in [-0.2, -0.15) is 5.26 Å². The van der Waals surface area contributed by atoms with E-state index >= 15 is 0 Å². The average Bonchev–Trinajstić information content (AvgIpc) is 3.25. The number of ether oxygens (including phenoxy) is 3. The van der Waals surface area contributed by atoms with E-state index in [1.807, 2.05) is 0 Å². The van der Waals surface area contributed by atoms with Crippen molar-refractivity contribution in [2.24, 2.45) is 5.92 Å². The molecule has 3 aromatic rings. The van der Waals surface area contributed by atoms with E-state index in [-0.39, 0.29) is 23.0 Å². The maximum Gasteiger partial charge on any atom is 0.274 e. The summed E-state index contributed by atoms with van der Waals surface area (Å²) in [6.07, 6.45) is 2.46. The number of benzene rings is 2. The summed E-state index contributed by atoms with van der Waals surface area (Å²) in [7, 11) is 4.60. The summed E-state index contributed by atoms with van der Waals surface area (Å²) in [5.41, 5.74) is 3.35. The fourth-order valence-electron chi connectivity index (χ4n) is 5.69. The first-order valence-electron chi connectivity index (χ1n) is 10.9. The molecule has 1 aliphatic heterocycles. The molecule has 2 aliphatic carbocycles. The van der Waals surface area contributed by atoms with Crippen molar-refractivity contribution in [2.75, 3.05) is 27.9 Å². The molecule has 2 aromatic carbocycles. The van der Waals surface area contributed by atoms with Gasteiger partial charge in [-0.3, -0.25) is 9.59 Å². The number of hydrogen-bond donors (Lipinski definition) is 1. The van der Waals surface area contributed by atoms with Gasteiger partial charge in [0.05, 0.1) is 38.5 Å². The van der Waals surface area contributed by atoms with Crippen LogP contribution in [0.5, 0.6) is 17.2 Å². The van der Waals surface area contributed by atoms with E-state index in [2.05, 4.69) is 11.1 Å². The number of ketones is 1. The van der Waals surface area contributed by atoms with Crippen molar-refractivity contribution in [3.8, 4) is 23.3 Å². The van der Waals surface area contributed by atoms with Crippen LogP contribution >= 0.6 is 0 Å². The lowest BCUT2D eigenvalue weighted by Gasteiger charge is -2.29. The lowest BCUT2D eigenvalue weighted by molar-refractivity contribution is 0.0806. The topological polar surface area (TPSA) is 105 Å². The highest BCUT2D eigenvalue weighted by Gasteiger charge is 2.67. The molecule has 1 saturated heterocycles. The molecule has 1 amide bonds. The largest absolute Gasteiger partial charge is 0.493 e. The van der Waals surface area contributed by atoms with E-state index in [1.54, 1.807) is 48.4 Å². The zero-order valence-corrected chi connectivity index (χ0v) is 18.9. The maximum absolute atomic E-state index is 13.7. The van der Waals surface area contributed by atoms with Crippen LogP contribution in [-0.4, -0.2) is 49.4 Å². The number of piperidine rings is 1. The van der Waals surface area contributed by atoms with Gasteiger partial charge in [-0.25, -0.2) is 0 Å². The van der Waals surface area contributed by atoms with E-state index in [4.69, 9.17) is 14.2 Å². The Bertz CT molecular complexity index is 1490. The Balaban J connectivity index is 1.43. The van der Waals surface area contributed by atoms with Crippen LogP contribution in [0, 0.1) is 17.2 Å². The highest BCUT2D eigenvalue weighted by atomic mass is 16.5. The van der Waals surface area contributed by atoms with Crippen molar-refractivity contribution in [3.05, 3.63) is 64.5 Å². The first-order chi connectivity index (χ1) is 16.5. The van der Waals surface area contributed by atoms with Crippen LogP contribution in [0.3, 0.4) is 0 Å². The lowest BCUT2D eigenvalue weighted by atomic mass is 9.80. The van der Waals surface area contributed by atoms with Crippen molar-refractivity contribution in [1.29, 1.82) is 5.26 Å². The zero-order valence-electron chi connectivity index (χ0n) is 18.9. The second kappa shape index (κ2) is 6.87. The molecule has 170 valence electrons. The molecule has 8 heteroatoms. The fraction of sp³-hybridized carbons (Fsp3) is 0.269. The summed E-state index contributed by atoms with van der Waals surface area (Å²) in [6, 6.07) is 10.9. The second-order valence-electron chi connectivity index (χ2n) is 8.85. The number of fused-ring (bicyclic) bond motifs is 2. The number of aromatic amines is 1. The molecular formula is C26H21N3O5. The van der Waals surface area contributed by atoms with Gasteiger partial charge in [-0.1, -0.05) is 0 Å². The fourth-order valence-corrected chi connectivity index (χ4v) is 5.69. The minimum absolute atomic E-state index is 0.141. The lowest BCUT2D eigenvalue weighted by Crippen LogP contribution is -2.34. The summed E-state index contributed by atoms with van der Waals surface area (Å²) >= 11 is 0. The number of carbonyl (C=O) groups excluding carboxylic acids is 2. The van der Waals surface area contributed by atoms with Gasteiger partial charge in [0.25, 0.3) is 5.91 Å². The molecule has 3 aliphatic rings. The summed E-state index contributed by atoms with van der Waals surface area (Å²) in [5.74, 6) is 1.24. The van der Waals surface area contributed by atoms with Crippen LogP contribution in [0.25, 0.3) is 10.9 Å². The molecule has 34 heavy (non-hydrogen) atoms. The molecule has 2 atom stereocenters. The van der Waals surface area contributed by atoms with Gasteiger partial charge < -0.3 is 24.1 Å². The number of methoxy groups -OCH3 is 3. The third-order valence-electron chi connectivity index (χ3n) is 7.31. The predicted molar refractivity (Wildman–Crippen MR) is 122 cm³/mol. The Morgan fingerprint density at radius 1 is 1.15 bits per heavy atom. The maximum atomic E-state index is 13.7. The van der Waals surface area contributed by atoms with Crippen LogP contribution < -0.4 is 14.2 Å². The van der Waals surface area contributed by atoms with Crippen LogP contribution in [0.1, 0.15) is 38.4 Å². The highest BCUT2D eigenvalue weighted by molar-refractivity contribution is 6.10. The Morgan fingerprint density at radius 3 is 2.65 bits per heavy atom. The van der Waals surface area contributed by atoms with Crippen LogP contribution in [0.15, 0.2) is 42.1 Å². The van der Waals surface area contributed by atoms with Crippen molar-refractivity contribution >= 4 is 22.6 Å². The van der Waals surface area contributed by atoms with Crippen molar-refractivity contribution < 1.29 is 23.8 Å². The van der Waals surface area contributed by atoms with Gasteiger partial charge in [-0.05, 0) is 48.2 Å². The monoisotopic (exact) mass is 455 g/mol. The molecule has 1 N–H and O–H groups in total. The van der Waals surface area contributed by atoms with Gasteiger partial charge >= 0.3 is 0 Å². The third-order valence-corrected chi connectivity index (χ3v) is 7.31. The standard InChI is InChI=1S/C26H21N3O5/c1-32-20-8-14-7-18(28-22(14)24(34-3)23(20)33-2)25(31)29-12-15-10-26(15)17-6-13(11-27)4-5-16(17)19(30)9-21(26)29/h4-9,15,28H,10,12H2,1-3H3/t15-,26-/m0/s1. The summed E-state index contributed by atoms with van der Waals surface area (Å²) in [4.78, 5) is 31.5. The van der Waals surface area contributed by atoms with Crippen molar-refractivity contribution in [2.45, 2.75) is 11.8 Å². The minimum Gasteiger partial charge on any atom is -0.493 e. The second-order valence-corrected chi connectivity index (χ2v) is 8.85. The Hall–Kier alpha value is -4.25. The van der Waals surface area contributed by atoms with Crippen molar-refractivity contribution in [1.82, 2.24) is 9.88 Å². The van der Waals surface area contributed by atoms with Crippen molar-refractivity contribution in [3.63, 3.8) is 0 Å². The number of nitriles is 1. The van der Waals surface area contributed by atoms with Gasteiger partial charge in [-0.15, -0.1) is 0 Å². The molecule has 6 rings (SSSR count). The SMILES string of the molecule is COc1cc2cc(C(=O)N3C[C@@H]4C[C@]45C3=CC(=O)c3ccc(C#N)cc35)[nH]c2c(OC)c1OC. The average molecular weight is 455 g/mol. The molecule has 2 fully saturated rings. The number of amides is 1. The summed E-state index contributed by atoms with van der Waals surface area (Å²) in [5, 5.41) is 10.1. The molecule has 1 aromatic heterocycles. The minimum atomic E-state index is -0.373. The van der Waals surface area contributed by atoms with Crippen LogP contribution in [-0.2, 0) is 5.41 Å². The summed E-state index contributed by atoms with van der Waals surface area (Å²) < 4.78 is 16.4. The Morgan fingerprint density at radius 2 is 1.94 bits per heavy atom. The zero-order chi connectivity index (χ0) is 23.8. The highest BCUT2D eigenvalue weighted by Crippen LogP contribution is 2.66. The number of H-pyrrole nitrogens is 1. The molecule has 8 nitrogen and oxygen atoms in total. The number of nitrogens with zero attached hydrogens (tertiary/aromatic N) is 2. The molecule has 2 heterocycles. The van der Waals surface area contributed by atoms with E-state index in [0.717, 1.165) is 23.1 Å². The molecular weight excluding hydrogens is 434 g/mol. The van der Waals surface area contributed by atoms with Gasteiger partial charge in [0, 0.05) is 34.7 Å². The Labute approximate surface area is 195 Å². The predicted octanol–water partition coefficient (Wildman–Crippen LogP) is 3.56. The third kappa shape index (κ3) is 2.47. The number of allylic oxidation sites excluding steroid dienone is 2. The molecule has 0 bridgehead atoms. The van der Waals surface area contributed by atoms with Gasteiger partial charge in [0.15, 0.2) is 17.3 Å². The molecule has 0 unspecified atom stereocenters. The summed E-state index contributed by atoms with van der Waals surface area (Å²) in [6.45, 7) is 0.521. The number of nitrogens with one attached hydrogen (secondary N) is 1. The van der Waals surface area contributed by atoms with E-state index < -0.39 is 0 Å². The quantitative estimate of drug-likeness (QED) is 0.645. The van der Waals surface area contributed by atoms with Gasteiger partial charge in [0.1, 0.15) is 5.69 Å². The number of aromatic nitrogens is 1. The first-order valence-corrected chi connectivity index (χ1v) is 10.9. The number of hydrogen-bond acceptors (Lipinski definition) is 6. The number of carbonyl (C=O) groups is 2. The smallest absolute Gasteiger partial charge is 0.274 e. The van der Waals surface area contributed by atoms with Crippen LogP contribution in [0.4, 0.5) is 0 Å². The Kier molecular flexibility index (Phi) is 4.12. The van der Waals surface area contributed by atoms with Crippen LogP contribution in [0.2, 0.25) is 0 Å². The first kappa shape index (κ1) is 20.4. The molecule has 1 spiro atoms. The molecule has 0 radical (unpaired) electrons.